The third kappa shape index (κ3) is 4.35. The number of carbonyl (C=O) groups is 2. The zero-order valence-electron chi connectivity index (χ0n) is 17.2. The van der Waals surface area contributed by atoms with Gasteiger partial charge in [-0.2, -0.15) is 0 Å². The van der Waals surface area contributed by atoms with Crippen LogP contribution in [0.15, 0.2) is 46.8 Å². The minimum Gasteiger partial charge on any atom is -0.466 e. The number of carbonyl (C=O) groups excluding carboxylic acids is 2. The smallest absolute Gasteiger partial charge is 0.336 e. The minimum atomic E-state index is -0.842. The van der Waals surface area contributed by atoms with Crippen molar-refractivity contribution in [3.63, 3.8) is 0 Å². The Morgan fingerprint density at radius 3 is 2.47 bits per heavy atom. The van der Waals surface area contributed by atoms with Gasteiger partial charge in [0, 0.05) is 23.5 Å². The Morgan fingerprint density at radius 1 is 1.17 bits per heavy atom. The van der Waals surface area contributed by atoms with Crippen molar-refractivity contribution >= 4 is 17.6 Å². The molecule has 1 atom stereocenters. The lowest BCUT2D eigenvalue weighted by Crippen LogP contribution is -2.37. The molecule has 160 valence electrons. The van der Waals surface area contributed by atoms with Gasteiger partial charge in [0.05, 0.1) is 35.2 Å². The minimum absolute atomic E-state index is 0.0416. The fourth-order valence-corrected chi connectivity index (χ4v) is 4.02. The maximum atomic E-state index is 13.1. The van der Waals surface area contributed by atoms with Crippen molar-refractivity contribution in [3.05, 3.63) is 62.5 Å². The standard InChI is InChI=1S/C21H25N3O6/c1-12-17(20(25)23-30-16-9-4-5-10-16)19(18(13(2)22-12)21(26)29-3)14-7-6-8-15(11-14)24(27)28/h6-8,11,16,19,22H,4-5,9-10H2,1-3H3,(H,23,25). The largest absolute Gasteiger partial charge is 0.466 e. The Hall–Kier alpha value is -3.20. The summed E-state index contributed by atoms with van der Waals surface area (Å²) in [5, 5.41) is 14.3. The van der Waals surface area contributed by atoms with Crippen molar-refractivity contribution in [1.82, 2.24) is 10.8 Å². The molecular weight excluding hydrogens is 390 g/mol. The first-order valence-corrected chi connectivity index (χ1v) is 9.80. The van der Waals surface area contributed by atoms with Crippen LogP contribution in [0.25, 0.3) is 0 Å². The van der Waals surface area contributed by atoms with Crippen LogP contribution >= 0.6 is 0 Å². The van der Waals surface area contributed by atoms with Gasteiger partial charge in [-0.1, -0.05) is 25.0 Å². The lowest BCUT2D eigenvalue weighted by Gasteiger charge is -2.30. The van der Waals surface area contributed by atoms with Crippen LogP contribution in [0.1, 0.15) is 51.0 Å². The van der Waals surface area contributed by atoms with Gasteiger partial charge in [-0.25, -0.2) is 10.3 Å². The number of allylic oxidation sites excluding steroid dienone is 2. The Balaban J connectivity index is 2.02. The molecule has 1 aliphatic carbocycles. The highest BCUT2D eigenvalue weighted by molar-refractivity contribution is 6.01. The number of hydrogen-bond acceptors (Lipinski definition) is 7. The molecule has 2 aliphatic rings. The molecular formula is C21H25N3O6. The molecule has 3 rings (SSSR count). The third-order valence-electron chi connectivity index (χ3n) is 5.45. The summed E-state index contributed by atoms with van der Waals surface area (Å²) >= 11 is 0. The molecule has 30 heavy (non-hydrogen) atoms. The lowest BCUT2D eigenvalue weighted by molar-refractivity contribution is -0.384. The number of methoxy groups -OCH3 is 1. The Morgan fingerprint density at radius 2 is 1.83 bits per heavy atom. The van der Waals surface area contributed by atoms with E-state index in [0.717, 1.165) is 25.7 Å². The van der Waals surface area contributed by atoms with Gasteiger partial charge in [0.1, 0.15) is 0 Å². The number of nitro benzene ring substituents is 1. The summed E-state index contributed by atoms with van der Waals surface area (Å²) in [6.45, 7) is 3.41. The molecule has 0 aromatic heterocycles. The molecule has 0 spiro atoms. The van der Waals surface area contributed by atoms with Gasteiger partial charge in [-0.15, -0.1) is 0 Å². The maximum absolute atomic E-state index is 13.1. The van der Waals surface area contributed by atoms with Gasteiger partial charge in [0.15, 0.2) is 0 Å². The highest BCUT2D eigenvalue weighted by atomic mass is 16.7. The molecule has 1 aromatic carbocycles. The summed E-state index contributed by atoms with van der Waals surface area (Å²) < 4.78 is 4.94. The number of benzene rings is 1. The van der Waals surface area contributed by atoms with E-state index in [-0.39, 0.29) is 22.9 Å². The molecule has 1 aromatic rings. The van der Waals surface area contributed by atoms with Crippen molar-refractivity contribution in [2.45, 2.75) is 51.6 Å². The Labute approximate surface area is 174 Å². The third-order valence-corrected chi connectivity index (χ3v) is 5.45. The molecule has 1 aliphatic heterocycles. The van der Waals surface area contributed by atoms with E-state index in [1.54, 1.807) is 19.9 Å². The van der Waals surface area contributed by atoms with Crippen LogP contribution in [0.5, 0.6) is 0 Å². The highest BCUT2D eigenvalue weighted by Gasteiger charge is 2.38. The molecule has 1 fully saturated rings. The molecule has 1 heterocycles. The molecule has 1 unspecified atom stereocenters. The van der Waals surface area contributed by atoms with Gasteiger partial charge < -0.3 is 10.1 Å². The van der Waals surface area contributed by atoms with E-state index >= 15 is 0 Å². The number of nitrogens with one attached hydrogen (secondary N) is 2. The average molecular weight is 415 g/mol. The van der Waals surface area contributed by atoms with E-state index < -0.39 is 22.7 Å². The Bertz CT molecular complexity index is 930. The molecule has 1 amide bonds. The van der Waals surface area contributed by atoms with Gasteiger partial charge in [-0.05, 0) is 32.3 Å². The van der Waals surface area contributed by atoms with E-state index in [1.807, 2.05) is 0 Å². The van der Waals surface area contributed by atoms with Gasteiger partial charge >= 0.3 is 5.97 Å². The lowest BCUT2D eigenvalue weighted by atomic mass is 9.80. The van der Waals surface area contributed by atoms with Crippen LogP contribution < -0.4 is 10.8 Å². The van der Waals surface area contributed by atoms with Crippen LogP contribution in [-0.4, -0.2) is 30.0 Å². The number of rotatable bonds is 6. The first-order chi connectivity index (χ1) is 14.3. The van der Waals surface area contributed by atoms with E-state index in [1.165, 1.54) is 25.3 Å². The average Bonchev–Trinajstić information content (AvgIpc) is 3.24. The summed E-state index contributed by atoms with van der Waals surface area (Å²) in [5.74, 6) is -1.96. The quantitative estimate of drug-likeness (QED) is 0.416. The zero-order valence-corrected chi connectivity index (χ0v) is 17.2. The first kappa shape index (κ1) is 21.5. The molecule has 2 N–H and O–H groups in total. The predicted octanol–water partition coefficient (Wildman–Crippen LogP) is 2.99. The number of nitrogens with zero attached hydrogens (tertiary/aromatic N) is 1. The van der Waals surface area contributed by atoms with Crippen LogP contribution in [0.2, 0.25) is 0 Å². The van der Waals surface area contributed by atoms with Crippen molar-refractivity contribution in [1.29, 1.82) is 0 Å². The fraction of sp³-hybridized carbons (Fsp3) is 0.429. The van der Waals surface area contributed by atoms with E-state index in [4.69, 9.17) is 9.57 Å². The number of hydroxylamine groups is 1. The number of nitro groups is 1. The van der Waals surface area contributed by atoms with Crippen LogP contribution in [-0.2, 0) is 19.2 Å². The Kier molecular flexibility index (Phi) is 6.51. The van der Waals surface area contributed by atoms with Gasteiger partial charge in [0.25, 0.3) is 11.6 Å². The number of ether oxygens (including phenoxy) is 1. The summed E-state index contributed by atoms with van der Waals surface area (Å²) in [4.78, 5) is 42.0. The van der Waals surface area contributed by atoms with Crippen LogP contribution in [0, 0.1) is 10.1 Å². The molecule has 9 nitrogen and oxygen atoms in total. The molecule has 0 radical (unpaired) electrons. The molecule has 9 heteroatoms. The van der Waals surface area contributed by atoms with E-state index in [0.29, 0.717) is 17.0 Å². The van der Waals surface area contributed by atoms with Crippen LogP contribution in [0.3, 0.4) is 0 Å². The summed E-state index contributed by atoms with van der Waals surface area (Å²) in [6.07, 6.45) is 3.80. The van der Waals surface area contributed by atoms with Crippen molar-refractivity contribution in [3.8, 4) is 0 Å². The molecule has 0 saturated heterocycles. The zero-order chi connectivity index (χ0) is 21.8. The second kappa shape index (κ2) is 9.08. The summed E-state index contributed by atoms with van der Waals surface area (Å²) in [7, 11) is 1.25. The maximum Gasteiger partial charge on any atom is 0.336 e. The second-order valence-corrected chi connectivity index (χ2v) is 7.43. The number of dihydropyridines is 1. The van der Waals surface area contributed by atoms with Crippen molar-refractivity contribution < 1.29 is 24.1 Å². The molecule has 1 saturated carbocycles. The SMILES string of the molecule is COC(=O)C1=C(C)NC(C)=C(C(=O)NOC2CCCC2)C1c1cccc([N+](=O)[O-])c1. The van der Waals surface area contributed by atoms with Crippen molar-refractivity contribution in [2.24, 2.45) is 0 Å². The molecule has 0 bridgehead atoms. The first-order valence-electron chi connectivity index (χ1n) is 9.80. The predicted molar refractivity (Wildman–Crippen MR) is 108 cm³/mol. The fourth-order valence-electron chi connectivity index (χ4n) is 4.02. The number of esters is 1. The second-order valence-electron chi connectivity index (χ2n) is 7.43. The van der Waals surface area contributed by atoms with Gasteiger partial charge in [-0.3, -0.25) is 19.7 Å². The highest BCUT2D eigenvalue weighted by Crippen LogP contribution is 2.39. The number of non-ortho nitro benzene ring substituents is 1. The number of hydrogen-bond donors (Lipinski definition) is 2. The summed E-state index contributed by atoms with van der Waals surface area (Å²) in [5.41, 5.74) is 4.33. The van der Waals surface area contributed by atoms with Crippen molar-refractivity contribution in [2.75, 3.05) is 7.11 Å². The van der Waals surface area contributed by atoms with Crippen LogP contribution in [0.4, 0.5) is 5.69 Å². The normalized spacial score (nSPS) is 19.5. The van der Waals surface area contributed by atoms with E-state index in [2.05, 4.69) is 10.8 Å². The monoisotopic (exact) mass is 415 g/mol. The summed E-state index contributed by atoms with van der Waals surface area (Å²) in [6, 6.07) is 5.90. The topological polar surface area (TPSA) is 120 Å². The van der Waals surface area contributed by atoms with Gasteiger partial charge in [0.2, 0.25) is 0 Å². The van der Waals surface area contributed by atoms with E-state index in [9.17, 15) is 19.7 Å². The number of amides is 1.